The van der Waals surface area contributed by atoms with Crippen molar-refractivity contribution in [2.24, 2.45) is 0 Å². The molecule has 4 aromatic carbocycles. The van der Waals surface area contributed by atoms with Crippen LogP contribution in [0, 0.1) is 18.3 Å². The van der Waals surface area contributed by atoms with Gasteiger partial charge < -0.3 is 19.5 Å². The number of rotatable bonds is 8. The Balaban J connectivity index is 1.60. The third kappa shape index (κ3) is 5.69. The van der Waals surface area contributed by atoms with Gasteiger partial charge in [0.2, 0.25) is 0 Å². The van der Waals surface area contributed by atoms with Crippen molar-refractivity contribution in [2.45, 2.75) is 13.5 Å². The monoisotopic (exact) mass is 512 g/mol. The summed E-state index contributed by atoms with van der Waals surface area (Å²) in [7, 11) is 2.93. The summed E-state index contributed by atoms with van der Waals surface area (Å²) in [6, 6.07) is 24.6. The number of ether oxygens (including phenoxy) is 3. The number of carbonyl (C=O) groups excluding carboxylic acids is 1. The second-order valence-corrected chi connectivity index (χ2v) is 8.63. The first-order chi connectivity index (χ1) is 17.9. The Kier molecular flexibility index (Phi) is 7.97. The molecule has 0 aliphatic carbocycles. The highest BCUT2D eigenvalue weighted by Crippen LogP contribution is 2.36. The summed E-state index contributed by atoms with van der Waals surface area (Å²) < 4.78 is 16.7. The second-order valence-electron chi connectivity index (χ2n) is 8.22. The summed E-state index contributed by atoms with van der Waals surface area (Å²) >= 11 is 6.15. The summed E-state index contributed by atoms with van der Waals surface area (Å²) in [6.45, 7) is 2.39. The van der Waals surface area contributed by atoms with Gasteiger partial charge in [0.1, 0.15) is 35.5 Å². The van der Waals surface area contributed by atoms with E-state index in [1.165, 1.54) is 32.4 Å². The van der Waals surface area contributed by atoms with Crippen LogP contribution in [0.2, 0.25) is 5.02 Å². The van der Waals surface area contributed by atoms with Gasteiger partial charge in [-0.2, -0.15) is 5.26 Å². The lowest BCUT2D eigenvalue weighted by Gasteiger charge is -2.14. The van der Waals surface area contributed by atoms with Crippen LogP contribution in [0.4, 0.5) is 5.69 Å². The quantitative estimate of drug-likeness (QED) is 0.204. The molecule has 0 saturated heterocycles. The number of benzene rings is 4. The van der Waals surface area contributed by atoms with E-state index in [0.29, 0.717) is 40.1 Å². The molecule has 1 amide bonds. The van der Waals surface area contributed by atoms with Gasteiger partial charge in [-0.05, 0) is 35.4 Å². The number of methoxy groups -OCH3 is 2. The van der Waals surface area contributed by atoms with E-state index in [9.17, 15) is 10.1 Å². The Morgan fingerprint density at radius 1 is 0.973 bits per heavy atom. The van der Waals surface area contributed by atoms with Gasteiger partial charge in [-0.25, -0.2) is 0 Å². The topological polar surface area (TPSA) is 80.6 Å². The van der Waals surface area contributed by atoms with Gasteiger partial charge in [-0.1, -0.05) is 66.2 Å². The molecule has 0 radical (unpaired) electrons. The van der Waals surface area contributed by atoms with Crippen molar-refractivity contribution in [2.75, 3.05) is 19.5 Å². The zero-order valence-electron chi connectivity index (χ0n) is 20.7. The van der Waals surface area contributed by atoms with E-state index < -0.39 is 5.91 Å². The van der Waals surface area contributed by atoms with Gasteiger partial charge >= 0.3 is 0 Å². The molecule has 186 valence electrons. The molecule has 0 atom stereocenters. The van der Waals surface area contributed by atoms with Crippen LogP contribution in [-0.2, 0) is 11.4 Å². The van der Waals surface area contributed by atoms with Gasteiger partial charge in [0.15, 0.2) is 0 Å². The van der Waals surface area contributed by atoms with Crippen molar-refractivity contribution < 1.29 is 19.0 Å². The van der Waals surface area contributed by atoms with Crippen molar-refractivity contribution in [3.63, 3.8) is 0 Å². The Morgan fingerprint density at radius 3 is 2.46 bits per heavy atom. The number of carbonyl (C=O) groups is 1. The lowest BCUT2D eigenvalue weighted by atomic mass is 10.0. The number of nitriles is 1. The highest BCUT2D eigenvalue weighted by molar-refractivity contribution is 6.32. The molecule has 0 aliphatic heterocycles. The number of halogens is 1. The number of anilines is 1. The Hall–Kier alpha value is -4.47. The molecule has 0 saturated carbocycles. The summed E-state index contributed by atoms with van der Waals surface area (Å²) in [6.07, 6.45) is 1.50. The van der Waals surface area contributed by atoms with E-state index >= 15 is 0 Å². The molecule has 0 unspecified atom stereocenters. The molecule has 0 bridgehead atoms. The fourth-order valence-electron chi connectivity index (χ4n) is 3.97. The first-order valence-corrected chi connectivity index (χ1v) is 11.9. The van der Waals surface area contributed by atoms with Crippen LogP contribution in [-0.4, -0.2) is 20.1 Å². The number of amides is 1. The lowest BCUT2D eigenvalue weighted by Crippen LogP contribution is -2.14. The van der Waals surface area contributed by atoms with Gasteiger partial charge in [-0.3, -0.25) is 4.79 Å². The standard InChI is InChI=1S/C30H25ClN2O4/c1-19-12-13-20-8-4-6-10-23(20)24(19)18-37-27-11-7-5-9-21(27)14-22(17-32)30(34)33-26-16-28(35-2)25(31)15-29(26)36-3/h4-16H,18H2,1-3H3,(H,33,34)/b22-14+. The van der Waals surface area contributed by atoms with Crippen molar-refractivity contribution in [1.82, 2.24) is 0 Å². The fourth-order valence-corrected chi connectivity index (χ4v) is 4.20. The van der Waals surface area contributed by atoms with Crippen molar-refractivity contribution in [3.05, 3.63) is 100 Å². The summed E-state index contributed by atoms with van der Waals surface area (Å²) in [5, 5.41) is 15.1. The maximum Gasteiger partial charge on any atom is 0.266 e. The van der Waals surface area contributed by atoms with E-state index in [-0.39, 0.29) is 5.57 Å². The third-order valence-corrected chi connectivity index (χ3v) is 6.25. The van der Waals surface area contributed by atoms with Crippen LogP contribution in [0.1, 0.15) is 16.7 Å². The number of aryl methyl sites for hydroxylation is 1. The molecule has 0 fully saturated rings. The van der Waals surface area contributed by atoms with E-state index in [4.69, 9.17) is 25.8 Å². The van der Waals surface area contributed by atoms with Crippen LogP contribution in [0.5, 0.6) is 17.2 Å². The maximum absolute atomic E-state index is 13.0. The molecular weight excluding hydrogens is 488 g/mol. The smallest absolute Gasteiger partial charge is 0.266 e. The van der Waals surface area contributed by atoms with Crippen molar-refractivity contribution in [3.8, 4) is 23.3 Å². The molecule has 0 aliphatic rings. The fraction of sp³-hybridized carbons (Fsp3) is 0.133. The first kappa shape index (κ1) is 25.6. The lowest BCUT2D eigenvalue weighted by molar-refractivity contribution is -0.112. The molecule has 6 nitrogen and oxygen atoms in total. The first-order valence-electron chi connectivity index (χ1n) is 11.5. The molecule has 1 N–H and O–H groups in total. The predicted octanol–water partition coefficient (Wildman–Crippen LogP) is 6.94. The summed E-state index contributed by atoms with van der Waals surface area (Å²) in [5.41, 5.74) is 3.03. The molecule has 4 rings (SSSR count). The molecule has 0 spiro atoms. The highest BCUT2D eigenvalue weighted by Gasteiger charge is 2.16. The van der Waals surface area contributed by atoms with Gasteiger partial charge in [0.25, 0.3) is 5.91 Å². The largest absolute Gasteiger partial charge is 0.495 e. The van der Waals surface area contributed by atoms with E-state index in [1.54, 1.807) is 6.07 Å². The molecule has 7 heteroatoms. The minimum Gasteiger partial charge on any atom is -0.495 e. The van der Waals surface area contributed by atoms with E-state index in [1.807, 2.05) is 36.4 Å². The molecule has 37 heavy (non-hydrogen) atoms. The maximum atomic E-state index is 13.0. The zero-order chi connectivity index (χ0) is 26.4. The minimum absolute atomic E-state index is 0.103. The van der Waals surface area contributed by atoms with Crippen LogP contribution in [0.3, 0.4) is 0 Å². The van der Waals surface area contributed by atoms with E-state index in [0.717, 1.165) is 21.9 Å². The van der Waals surface area contributed by atoms with Crippen molar-refractivity contribution >= 4 is 40.0 Å². The predicted molar refractivity (Wildman–Crippen MR) is 146 cm³/mol. The van der Waals surface area contributed by atoms with Crippen LogP contribution in [0.25, 0.3) is 16.8 Å². The number of hydrogen-bond acceptors (Lipinski definition) is 5. The summed E-state index contributed by atoms with van der Waals surface area (Å²) in [4.78, 5) is 13.0. The van der Waals surface area contributed by atoms with Gasteiger partial charge in [0, 0.05) is 23.3 Å². The number of hydrogen-bond donors (Lipinski definition) is 1. The third-order valence-electron chi connectivity index (χ3n) is 5.95. The van der Waals surface area contributed by atoms with Crippen LogP contribution in [0.15, 0.2) is 78.4 Å². The van der Waals surface area contributed by atoms with E-state index in [2.05, 4.69) is 36.5 Å². The minimum atomic E-state index is -0.607. The Bertz CT molecular complexity index is 1540. The SMILES string of the molecule is COc1cc(NC(=O)/C(C#N)=C/c2ccccc2OCc2c(C)ccc3ccccc23)c(OC)cc1Cl. The molecule has 4 aromatic rings. The Labute approximate surface area is 220 Å². The zero-order valence-corrected chi connectivity index (χ0v) is 21.4. The number of fused-ring (bicyclic) bond motifs is 1. The normalized spacial score (nSPS) is 11.1. The number of nitrogens with zero attached hydrogens (tertiary/aromatic N) is 1. The van der Waals surface area contributed by atoms with Gasteiger partial charge in [-0.15, -0.1) is 0 Å². The number of para-hydroxylation sites is 1. The van der Waals surface area contributed by atoms with Gasteiger partial charge in [0.05, 0.1) is 24.9 Å². The Morgan fingerprint density at radius 2 is 1.70 bits per heavy atom. The highest BCUT2D eigenvalue weighted by atomic mass is 35.5. The summed E-state index contributed by atoms with van der Waals surface area (Å²) in [5.74, 6) is 0.652. The second kappa shape index (κ2) is 11.5. The number of nitrogens with one attached hydrogen (secondary N) is 1. The molecule has 0 heterocycles. The van der Waals surface area contributed by atoms with Crippen LogP contribution >= 0.6 is 11.6 Å². The molecule has 0 aromatic heterocycles. The average molecular weight is 513 g/mol. The van der Waals surface area contributed by atoms with Crippen LogP contribution < -0.4 is 19.5 Å². The molecular formula is C30H25ClN2O4. The average Bonchev–Trinajstić information content (AvgIpc) is 2.92. The van der Waals surface area contributed by atoms with Crippen molar-refractivity contribution in [1.29, 1.82) is 5.26 Å².